The monoisotopic (exact) mass is 254 g/mol. The van der Waals surface area contributed by atoms with E-state index in [1.807, 2.05) is 11.8 Å². The lowest BCUT2D eigenvalue weighted by Gasteiger charge is -2.44. The Morgan fingerprint density at radius 2 is 1.94 bits per heavy atom. The molecule has 2 nitrogen and oxygen atoms in total. The van der Waals surface area contributed by atoms with E-state index in [9.17, 15) is 8.78 Å². The average Bonchev–Trinajstić information content (AvgIpc) is 2.27. The Morgan fingerprint density at radius 3 is 2.61 bits per heavy atom. The number of rotatable bonds is 1. The van der Waals surface area contributed by atoms with Crippen molar-refractivity contribution in [3.63, 3.8) is 0 Å². The van der Waals surface area contributed by atoms with E-state index < -0.39 is 0 Å². The molecule has 1 aliphatic rings. The molecule has 0 spiro atoms. The lowest BCUT2D eigenvalue weighted by atomic mass is 9.98. The van der Waals surface area contributed by atoms with Crippen LogP contribution in [0.4, 0.5) is 14.5 Å². The normalized spacial score (nSPS) is 23.2. The second kappa shape index (κ2) is 4.50. The number of nitrogens with one attached hydrogen (secondary N) is 1. The van der Waals surface area contributed by atoms with Crippen molar-refractivity contribution in [3.05, 3.63) is 29.3 Å². The third-order valence-corrected chi connectivity index (χ3v) is 3.51. The Morgan fingerprint density at radius 1 is 1.28 bits per heavy atom. The number of benzene rings is 1. The molecule has 1 aromatic rings. The first kappa shape index (κ1) is 13.3. The number of hydrogen-bond acceptors (Lipinski definition) is 2. The van der Waals surface area contributed by atoms with Crippen LogP contribution in [-0.2, 0) is 0 Å². The maximum Gasteiger partial charge on any atom is 0.146 e. The summed E-state index contributed by atoms with van der Waals surface area (Å²) >= 11 is 0. The van der Waals surface area contributed by atoms with Crippen LogP contribution in [0.5, 0.6) is 0 Å². The molecule has 1 N–H and O–H groups in total. The predicted octanol–water partition coefficient (Wildman–Crippen LogP) is 2.85. The summed E-state index contributed by atoms with van der Waals surface area (Å²) in [5.74, 6) is -0.701. The summed E-state index contributed by atoms with van der Waals surface area (Å²) < 4.78 is 27.6. The Labute approximate surface area is 107 Å². The van der Waals surface area contributed by atoms with Crippen molar-refractivity contribution in [2.45, 2.75) is 39.3 Å². The first-order valence-electron chi connectivity index (χ1n) is 6.27. The molecule has 1 atom stereocenters. The van der Waals surface area contributed by atoms with E-state index in [-0.39, 0.29) is 23.2 Å². The number of nitrogens with zero attached hydrogens (tertiary/aromatic N) is 1. The van der Waals surface area contributed by atoms with Crippen LogP contribution in [0.3, 0.4) is 0 Å². The third-order valence-electron chi connectivity index (χ3n) is 3.51. The van der Waals surface area contributed by atoms with Crippen LogP contribution in [0.2, 0.25) is 0 Å². The van der Waals surface area contributed by atoms with E-state index >= 15 is 0 Å². The summed E-state index contributed by atoms with van der Waals surface area (Å²) in [7, 11) is 0. The zero-order chi connectivity index (χ0) is 13.5. The molecule has 0 aliphatic carbocycles. The minimum Gasteiger partial charge on any atom is -0.363 e. The maximum atomic E-state index is 14.0. The molecule has 1 saturated heterocycles. The summed E-state index contributed by atoms with van der Waals surface area (Å²) in [5, 5.41) is 3.40. The van der Waals surface area contributed by atoms with Crippen molar-refractivity contribution in [3.8, 4) is 0 Å². The van der Waals surface area contributed by atoms with Gasteiger partial charge < -0.3 is 10.2 Å². The van der Waals surface area contributed by atoms with Gasteiger partial charge in [0.25, 0.3) is 0 Å². The van der Waals surface area contributed by atoms with Crippen molar-refractivity contribution in [2.24, 2.45) is 0 Å². The van der Waals surface area contributed by atoms with E-state index in [4.69, 9.17) is 0 Å². The quantitative estimate of drug-likeness (QED) is 0.829. The van der Waals surface area contributed by atoms with Gasteiger partial charge in [0.2, 0.25) is 0 Å². The first-order valence-corrected chi connectivity index (χ1v) is 6.27. The molecule has 1 aliphatic heterocycles. The second-order valence-corrected chi connectivity index (χ2v) is 5.79. The Hall–Kier alpha value is -1.16. The van der Waals surface area contributed by atoms with Gasteiger partial charge in [-0.15, -0.1) is 0 Å². The molecule has 18 heavy (non-hydrogen) atoms. The van der Waals surface area contributed by atoms with Gasteiger partial charge in [-0.05, 0) is 39.3 Å². The van der Waals surface area contributed by atoms with Gasteiger partial charge in [-0.1, -0.05) is 0 Å². The third kappa shape index (κ3) is 2.48. The maximum absolute atomic E-state index is 14.0. The van der Waals surface area contributed by atoms with Crippen LogP contribution in [0.25, 0.3) is 0 Å². The van der Waals surface area contributed by atoms with Crippen LogP contribution in [0.15, 0.2) is 12.1 Å². The molecule has 2 rings (SSSR count). The van der Waals surface area contributed by atoms with Crippen molar-refractivity contribution < 1.29 is 8.78 Å². The van der Waals surface area contributed by atoms with Crippen molar-refractivity contribution in [2.75, 3.05) is 18.0 Å². The fourth-order valence-corrected chi connectivity index (χ4v) is 2.35. The van der Waals surface area contributed by atoms with Gasteiger partial charge >= 0.3 is 0 Å². The van der Waals surface area contributed by atoms with Gasteiger partial charge in [0.1, 0.15) is 11.6 Å². The molecule has 0 aromatic heterocycles. The fourth-order valence-electron chi connectivity index (χ4n) is 2.35. The molecule has 1 unspecified atom stereocenters. The minimum absolute atomic E-state index is 0.0969. The number of piperazine rings is 1. The van der Waals surface area contributed by atoms with Crippen LogP contribution in [0.1, 0.15) is 26.3 Å². The molecule has 0 amide bonds. The average molecular weight is 254 g/mol. The van der Waals surface area contributed by atoms with Crippen LogP contribution in [0, 0.1) is 18.6 Å². The second-order valence-electron chi connectivity index (χ2n) is 5.79. The van der Waals surface area contributed by atoms with Gasteiger partial charge in [0, 0.05) is 30.7 Å². The van der Waals surface area contributed by atoms with Crippen LogP contribution in [-0.4, -0.2) is 24.7 Å². The standard InChI is InChI=1S/C14H20F2N2/c1-9-5-12(16)13(6-11(9)15)18-8-14(3,4)17-7-10(18)2/h5-6,10,17H,7-8H2,1-4H3. The molecule has 1 aromatic carbocycles. The fraction of sp³-hybridized carbons (Fsp3) is 0.571. The number of anilines is 1. The highest BCUT2D eigenvalue weighted by molar-refractivity contribution is 5.51. The van der Waals surface area contributed by atoms with Gasteiger partial charge in [-0.25, -0.2) is 8.78 Å². The van der Waals surface area contributed by atoms with E-state index in [1.54, 1.807) is 6.92 Å². The molecule has 1 heterocycles. The highest BCUT2D eigenvalue weighted by Crippen LogP contribution is 2.28. The highest BCUT2D eigenvalue weighted by atomic mass is 19.1. The van der Waals surface area contributed by atoms with E-state index in [2.05, 4.69) is 19.2 Å². The summed E-state index contributed by atoms with van der Waals surface area (Å²) in [6, 6.07) is 2.73. The van der Waals surface area contributed by atoms with E-state index in [1.165, 1.54) is 12.1 Å². The van der Waals surface area contributed by atoms with Crippen LogP contribution >= 0.6 is 0 Å². The number of halogens is 2. The summed E-state index contributed by atoms with van der Waals surface area (Å²) in [4.78, 5) is 1.94. The molecular formula is C14H20F2N2. The zero-order valence-electron chi connectivity index (χ0n) is 11.3. The summed E-state index contributed by atoms with van der Waals surface area (Å²) in [6.45, 7) is 9.14. The zero-order valence-corrected chi connectivity index (χ0v) is 11.3. The molecule has 0 radical (unpaired) electrons. The van der Waals surface area contributed by atoms with E-state index in [0.29, 0.717) is 17.8 Å². The Bertz CT molecular complexity index is 457. The minimum atomic E-state index is -0.352. The number of hydrogen-bond donors (Lipinski definition) is 1. The van der Waals surface area contributed by atoms with E-state index in [0.717, 1.165) is 6.54 Å². The largest absolute Gasteiger partial charge is 0.363 e. The molecule has 4 heteroatoms. The molecule has 0 saturated carbocycles. The van der Waals surface area contributed by atoms with Gasteiger partial charge in [0.05, 0.1) is 5.69 Å². The topological polar surface area (TPSA) is 15.3 Å². The first-order chi connectivity index (χ1) is 8.30. The predicted molar refractivity (Wildman–Crippen MR) is 70.0 cm³/mol. The molecule has 100 valence electrons. The van der Waals surface area contributed by atoms with Crippen LogP contribution < -0.4 is 10.2 Å². The SMILES string of the molecule is Cc1cc(F)c(N2CC(C)(C)NCC2C)cc1F. The van der Waals surface area contributed by atoms with Gasteiger partial charge in [0.15, 0.2) is 0 Å². The Kier molecular flexibility index (Phi) is 3.32. The summed E-state index contributed by atoms with van der Waals surface area (Å²) in [6.07, 6.45) is 0. The number of aryl methyl sites for hydroxylation is 1. The molecule has 0 bridgehead atoms. The smallest absolute Gasteiger partial charge is 0.146 e. The van der Waals surface area contributed by atoms with Gasteiger partial charge in [-0.2, -0.15) is 0 Å². The lowest BCUT2D eigenvalue weighted by molar-refractivity contribution is 0.316. The molecular weight excluding hydrogens is 234 g/mol. The van der Waals surface area contributed by atoms with Crippen molar-refractivity contribution >= 4 is 5.69 Å². The highest BCUT2D eigenvalue weighted by Gasteiger charge is 2.31. The molecule has 1 fully saturated rings. The Balaban J connectivity index is 2.38. The summed E-state index contributed by atoms with van der Waals surface area (Å²) in [5.41, 5.74) is 0.610. The lowest BCUT2D eigenvalue weighted by Crippen LogP contribution is -2.61. The van der Waals surface area contributed by atoms with Crippen molar-refractivity contribution in [1.82, 2.24) is 5.32 Å². The van der Waals surface area contributed by atoms with Gasteiger partial charge in [-0.3, -0.25) is 0 Å². The van der Waals surface area contributed by atoms with Crippen molar-refractivity contribution in [1.29, 1.82) is 0 Å².